The first-order valence-electron chi connectivity index (χ1n) is 6.26. The summed E-state index contributed by atoms with van der Waals surface area (Å²) in [5.74, 6) is 0.958. The molecule has 1 heterocycles. The predicted octanol–water partition coefficient (Wildman–Crippen LogP) is 3.37. The molecule has 16 heavy (non-hydrogen) atoms. The third kappa shape index (κ3) is 1.57. The molecule has 1 N–H and O–H groups in total. The fourth-order valence-electron chi connectivity index (χ4n) is 3.18. The van der Waals surface area contributed by atoms with Crippen molar-refractivity contribution in [1.29, 1.82) is 0 Å². The normalized spacial score (nSPS) is 21.6. The molecule has 1 aliphatic heterocycles. The number of hydrogen-bond donors (Lipinski definition) is 1. The van der Waals surface area contributed by atoms with Gasteiger partial charge in [0.2, 0.25) is 0 Å². The van der Waals surface area contributed by atoms with Crippen LogP contribution in [-0.4, -0.2) is 12.6 Å². The minimum Gasteiger partial charge on any atom is -0.497 e. The Kier molecular flexibility index (Phi) is 2.31. The van der Waals surface area contributed by atoms with E-state index in [1.165, 1.54) is 49.8 Å². The van der Waals surface area contributed by atoms with E-state index in [0.717, 1.165) is 5.75 Å². The molecule has 1 aliphatic carbocycles. The molecule has 0 aromatic heterocycles. The first-order chi connectivity index (χ1) is 7.81. The van der Waals surface area contributed by atoms with Crippen LogP contribution < -0.4 is 10.1 Å². The van der Waals surface area contributed by atoms with Crippen LogP contribution in [0.1, 0.15) is 37.7 Å². The van der Waals surface area contributed by atoms with Gasteiger partial charge in [0, 0.05) is 17.3 Å². The topological polar surface area (TPSA) is 21.3 Å². The van der Waals surface area contributed by atoms with Crippen molar-refractivity contribution in [2.75, 3.05) is 12.4 Å². The quantitative estimate of drug-likeness (QED) is 0.778. The summed E-state index contributed by atoms with van der Waals surface area (Å²) in [6.07, 6.45) is 8.00. The third-order valence-corrected chi connectivity index (χ3v) is 4.06. The van der Waals surface area contributed by atoms with Crippen molar-refractivity contribution >= 4 is 5.69 Å². The Balaban J connectivity index is 1.87. The van der Waals surface area contributed by atoms with Gasteiger partial charge >= 0.3 is 0 Å². The molecular formula is C14H19NO. The zero-order valence-electron chi connectivity index (χ0n) is 9.88. The predicted molar refractivity (Wildman–Crippen MR) is 66.1 cm³/mol. The van der Waals surface area contributed by atoms with Gasteiger partial charge in [0.25, 0.3) is 0 Å². The van der Waals surface area contributed by atoms with Crippen molar-refractivity contribution < 1.29 is 4.74 Å². The van der Waals surface area contributed by atoms with Crippen LogP contribution in [0.25, 0.3) is 0 Å². The first kappa shape index (κ1) is 10.0. The molecule has 1 saturated carbocycles. The number of nitrogens with one attached hydrogen (secondary N) is 1. The van der Waals surface area contributed by atoms with Gasteiger partial charge in [0.05, 0.1) is 7.11 Å². The molecule has 0 unspecified atom stereocenters. The van der Waals surface area contributed by atoms with E-state index in [-0.39, 0.29) is 0 Å². The van der Waals surface area contributed by atoms with Crippen LogP contribution in [0, 0.1) is 0 Å². The van der Waals surface area contributed by atoms with E-state index in [4.69, 9.17) is 4.74 Å². The van der Waals surface area contributed by atoms with Crippen LogP contribution in [0.15, 0.2) is 18.2 Å². The zero-order chi connectivity index (χ0) is 11.0. The first-order valence-corrected chi connectivity index (χ1v) is 6.26. The molecule has 2 nitrogen and oxygen atoms in total. The summed E-state index contributed by atoms with van der Waals surface area (Å²) in [5.41, 5.74) is 3.12. The maximum absolute atomic E-state index is 5.28. The maximum atomic E-state index is 5.28. The van der Waals surface area contributed by atoms with E-state index in [1.807, 2.05) is 0 Å². The van der Waals surface area contributed by atoms with Crippen molar-refractivity contribution in [1.82, 2.24) is 0 Å². The summed E-state index contributed by atoms with van der Waals surface area (Å²) >= 11 is 0. The summed E-state index contributed by atoms with van der Waals surface area (Å²) in [6.45, 7) is 0. The largest absolute Gasteiger partial charge is 0.497 e. The number of hydrogen-bond acceptors (Lipinski definition) is 2. The molecule has 0 bridgehead atoms. The van der Waals surface area contributed by atoms with Crippen LogP contribution in [0.3, 0.4) is 0 Å². The van der Waals surface area contributed by atoms with Crippen molar-refractivity contribution in [2.24, 2.45) is 0 Å². The molecule has 1 aromatic carbocycles. The van der Waals surface area contributed by atoms with Gasteiger partial charge in [-0.25, -0.2) is 0 Å². The molecule has 0 saturated heterocycles. The second-order valence-electron chi connectivity index (χ2n) is 5.17. The van der Waals surface area contributed by atoms with Gasteiger partial charge in [-0.05, 0) is 30.9 Å². The third-order valence-electron chi connectivity index (χ3n) is 4.06. The molecule has 3 rings (SSSR count). The summed E-state index contributed by atoms with van der Waals surface area (Å²) < 4.78 is 5.28. The minimum atomic E-state index is 0.368. The van der Waals surface area contributed by atoms with E-state index >= 15 is 0 Å². The lowest BCUT2D eigenvalue weighted by atomic mass is 9.80. The molecule has 1 aromatic rings. The second-order valence-corrected chi connectivity index (χ2v) is 5.17. The highest BCUT2D eigenvalue weighted by molar-refractivity contribution is 5.61. The number of fused-ring (bicyclic) bond motifs is 1. The van der Waals surface area contributed by atoms with E-state index in [2.05, 4.69) is 23.5 Å². The van der Waals surface area contributed by atoms with Crippen LogP contribution in [0.5, 0.6) is 5.75 Å². The average Bonchev–Trinajstić information content (AvgIpc) is 2.66. The molecule has 2 aliphatic rings. The summed E-state index contributed by atoms with van der Waals surface area (Å²) in [4.78, 5) is 0. The summed E-state index contributed by atoms with van der Waals surface area (Å²) in [7, 11) is 1.73. The standard InChI is InChI=1S/C14H19NO/c1-16-12-6-5-11-10-14(15-13(11)9-12)7-3-2-4-8-14/h5-6,9,15H,2-4,7-8,10H2,1H3. The zero-order valence-corrected chi connectivity index (χ0v) is 9.88. The van der Waals surface area contributed by atoms with E-state index in [9.17, 15) is 0 Å². The average molecular weight is 217 g/mol. The van der Waals surface area contributed by atoms with Crippen LogP contribution in [0.4, 0.5) is 5.69 Å². The Morgan fingerprint density at radius 2 is 2.00 bits per heavy atom. The van der Waals surface area contributed by atoms with E-state index < -0.39 is 0 Å². The van der Waals surface area contributed by atoms with Gasteiger partial charge < -0.3 is 10.1 Å². The number of benzene rings is 1. The van der Waals surface area contributed by atoms with Crippen molar-refractivity contribution in [3.05, 3.63) is 23.8 Å². The highest BCUT2D eigenvalue weighted by atomic mass is 16.5. The van der Waals surface area contributed by atoms with Gasteiger partial charge in [-0.2, -0.15) is 0 Å². The smallest absolute Gasteiger partial charge is 0.120 e. The highest BCUT2D eigenvalue weighted by Crippen LogP contribution is 2.42. The fourth-order valence-corrected chi connectivity index (χ4v) is 3.18. The van der Waals surface area contributed by atoms with Crippen LogP contribution in [0.2, 0.25) is 0 Å². The minimum absolute atomic E-state index is 0.368. The molecule has 0 radical (unpaired) electrons. The van der Waals surface area contributed by atoms with Gasteiger partial charge in [0.15, 0.2) is 0 Å². The lowest BCUT2D eigenvalue weighted by Gasteiger charge is -2.34. The van der Waals surface area contributed by atoms with Gasteiger partial charge in [0.1, 0.15) is 5.75 Å². The molecule has 0 atom stereocenters. The number of anilines is 1. The van der Waals surface area contributed by atoms with Crippen molar-refractivity contribution in [3.63, 3.8) is 0 Å². The highest BCUT2D eigenvalue weighted by Gasteiger charge is 2.37. The molecule has 0 amide bonds. The van der Waals surface area contributed by atoms with E-state index in [0.29, 0.717) is 5.54 Å². The van der Waals surface area contributed by atoms with Gasteiger partial charge in [-0.1, -0.05) is 25.3 Å². The van der Waals surface area contributed by atoms with E-state index in [1.54, 1.807) is 7.11 Å². The summed E-state index contributed by atoms with van der Waals surface area (Å²) in [5, 5.41) is 3.74. The number of ether oxygens (including phenoxy) is 1. The van der Waals surface area contributed by atoms with Crippen LogP contribution >= 0.6 is 0 Å². The Morgan fingerprint density at radius 1 is 1.19 bits per heavy atom. The van der Waals surface area contributed by atoms with Crippen LogP contribution in [-0.2, 0) is 6.42 Å². The molecule has 1 fully saturated rings. The Morgan fingerprint density at radius 3 is 2.75 bits per heavy atom. The Labute approximate surface area is 97.0 Å². The van der Waals surface area contributed by atoms with Gasteiger partial charge in [-0.15, -0.1) is 0 Å². The number of methoxy groups -OCH3 is 1. The van der Waals surface area contributed by atoms with Gasteiger partial charge in [-0.3, -0.25) is 0 Å². The lowest BCUT2D eigenvalue weighted by molar-refractivity contribution is 0.333. The molecule has 86 valence electrons. The second kappa shape index (κ2) is 3.69. The maximum Gasteiger partial charge on any atom is 0.120 e. The number of rotatable bonds is 1. The Bertz CT molecular complexity index is 394. The molecule has 2 heteroatoms. The van der Waals surface area contributed by atoms with Crippen molar-refractivity contribution in [2.45, 2.75) is 44.1 Å². The monoisotopic (exact) mass is 217 g/mol. The fraction of sp³-hybridized carbons (Fsp3) is 0.571. The molecule has 1 spiro atoms. The SMILES string of the molecule is COc1ccc2c(c1)NC1(CCCCC1)C2. The summed E-state index contributed by atoms with van der Waals surface area (Å²) in [6, 6.07) is 6.42. The van der Waals surface area contributed by atoms with Crippen molar-refractivity contribution in [3.8, 4) is 5.75 Å². The lowest BCUT2D eigenvalue weighted by Crippen LogP contribution is -2.38. The molecular weight excluding hydrogens is 198 g/mol. The Hall–Kier alpha value is -1.18.